The summed E-state index contributed by atoms with van der Waals surface area (Å²) < 4.78 is 0. The molecule has 0 atom stereocenters. The monoisotopic (exact) mass is 267 g/mol. The molecule has 4 nitrogen and oxygen atoms in total. The number of nitrogens with one attached hydrogen (secondary N) is 2. The molecule has 2 N–H and O–H groups in total. The zero-order valence-electron chi connectivity index (χ0n) is 12.5. The van der Waals surface area contributed by atoms with E-state index >= 15 is 0 Å². The molecule has 1 aliphatic carbocycles. The lowest BCUT2D eigenvalue weighted by Crippen LogP contribution is -2.47. The Morgan fingerprint density at radius 3 is 2.58 bits per heavy atom. The standard InChI is InChI=1S/C15H29N3O/c1-15(7-9-16-10-8-15)14(19)17-11-12-18(2)13-5-3-4-6-13/h13,16H,3-12H2,1-2H3,(H,17,19). The number of rotatable bonds is 5. The highest BCUT2D eigenvalue weighted by Crippen LogP contribution is 2.27. The number of amides is 1. The number of piperidine rings is 1. The highest BCUT2D eigenvalue weighted by Gasteiger charge is 2.34. The van der Waals surface area contributed by atoms with Crippen molar-refractivity contribution in [3.8, 4) is 0 Å². The Labute approximate surface area is 117 Å². The summed E-state index contributed by atoms with van der Waals surface area (Å²) in [6.45, 7) is 5.79. The Kier molecular flexibility index (Phi) is 5.22. The summed E-state index contributed by atoms with van der Waals surface area (Å²) >= 11 is 0. The Morgan fingerprint density at radius 2 is 1.95 bits per heavy atom. The molecule has 19 heavy (non-hydrogen) atoms. The Morgan fingerprint density at radius 1 is 1.32 bits per heavy atom. The van der Waals surface area contributed by atoms with Gasteiger partial charge in [-0.05, 0) is 45.8 Å². The molecule has 1 saturated heterocycles. The van der Waals surface area contributed by atoms with Crippen LogP contribution >= 0.6 is 0 Å². The molecule has 2 rings (SSSR count). The Balaban J connectivity index is 1.68. The molecule has 1 saturated carbocycles. The van der Waals surface area contributed by atoms with Crippen LogP contribution in [0.1, 0.15) is 45.4 Å². The Hall–Kier alpha value is -0.610. The van der Waals surface area contributed by atoms with Gasteiger partial charge in [0.05, 0.1) is 0 Å². The molecule has 4 heteroatoms. The van der Waals surface area contributed by atoms with Gasteiger partial charge in [0.25, 0.3) is 0 Å². The topological polar surface area (TPSA) is 44.4 Å². The number of carbonyl (C=O) groups excluding carboxylic acids is 1. The quantitative estimate of drug-likeness (QED) is 0.791. The van der Waals surface area contributed by atoms with Crippen LogP contribution < -0.4 is 10.6 Å². The van der Waals surface area contributed by atoms with Gasteiger partial charge >= 0.3 is 0 Å². The highest BCUT2D eigenvalue weighted by atomic mass is 16.2. The van der Waals surface area contributed by atoms with Gasteiger partial charge in [-0.3, -0.25) is 4.79 Å². The first kappa shape index (κ1) is 14.8. The first-order valence-corrected chi connectivity index (χ1v) is 7.81. The molecule has 0 aromatic heterocycles. The minimum Gasteiger partial charge on any atom is -0.354 e. The zero-order chi connectivity index (χ0) is 13.7. The molecular weight excluding hydrogens is 238 g/mol. The first-order chi connectivity index (χ1) is 9.12. The van der Waals surface area contributed by atoms with Crippen LogP contribution in [0.5, 0.6) is 0 Å². The molecule has 0 unspecified atom stereocenters. The number of likely N-dealkylation sites (N-methyl/N-ethyl adjacent to an activating group) is 1. The van der Waals surface area contributed by atoms with Crippen molar-refractivity contribution in [2.75, 3.05) is 33.2 Å². The molecule has 0 radical (unpaired) electrons. The van der Waals surface area contributed by atoms with E-state index in [1.807, 2.05) is 0 Å². The lowest BCUT2D eigenvalue weighted by molar-refractivity contribution is -0.131. The number of hydrogen-bond acceptors (Lipinski definition) is 3. The number of hydrogen-bond donors (Lipinski definition) is 2. The molecule has 2 aliphatic rings. The van der Waals surface area contributed by atoms with E-state index in [1.165, 1.54) is 25.7 Å². The highest BCUT2D eigenvalue weighted by molar-refractivity contribution is 5.82. The first-order valence-electron chi connectivity index (χ1n) is 7.81. The smallest absolute Gasteiger partial charge is 0.226 e. The van der Waals surface area contributed by atoms with E-state index in [2.05, 4.69) is 29.5 Å². The third kappa shape index (κ3) is 3.93. The third-order valence-electron chi connectivity index (χ3n) is 4.95. The molecule has 0 aromatic rings. The summed E-state index contributed by atoms with van der Waals surface area (Å²) in [5.74, 6) is 0.244. The summed E-state index contributed by atoms with van der Waals surface area (Å²) in [5.41, 5.74) is -0.156. The average Bonchev–Trinajstić information content (AvgIpc) is 2.93. The van der Waals surface area contributed by atoms with Crippen molar-refractivity contribution in [1.29, 1.82) is 0 Å². The molecule has 0 bridgehead atoms. The largest absolute Gasteiger partial charge is 0.354 e. The van der Waals surface area contributed by atoms with E-state index in [0.29, 0.717) is 0 Å². The Bertz CT molecular complexity index is 294. The van der Waals surface area contributed by atoms with Crippen LogP contribution in [0.25, 0.3) is 0 Å². The average molecular weight is 267 g/mol. The van der Waals surface area contributed by atoms with Crippen molar-refractivity contribution < 1.29 is 4.79 Å². The van der Waals surface area contributed by atoms with Crippen molar-refractivity contribution in [2.45, 2.75) is 51.5 Å². The minimum atomic E-state index is -0.156. The second-order valence-electron chi connectivity index (χ2n) is 6.49. The van der Waals surface area contributed by atoms with Gasteiger partial charge in [-0.1, -0.05) is 19.8 Å². The van der Waals surface area contributed by atoms with Gasteiger partial charge in [-0.25, -0.2) is 0 Å². The molecule has 110 valence electrons. The fraction of sp³-hybridized carbons (Fsp3) is 0.933. The molecular formula is C15H29N3O. The molecule has 0 spiro atoms. The van der Waals surface area contributed by atoms with Gasteiger partial charge in [0, 0.05) is 24.5 Å². The summed E-state index contributed by atoms with van der Waals surface area (Å²) in [4.78, 5) is 14.7. The fourth-order valence-corrected chi connectivity index (χ4v) is 3.29. The van der Waals surface area contributed by atoms with Crippen molar-refractivity contribution in [2.24, 2.45) is 5.41 Å². The van der Waals surface area contributed by atoms with Crippen LogP contribution in [-0.2, 0) is 4.79 Å². The fourth-order valence-electron chi connectivity index (χ4n) is 3.29. The molecule has 1 heterocycles. The molecule has 1 aliphatic heterocycles. The third-order valence-corrected chi connectivity index (χ3v) is 4.95. The lowest BCUT2D eigenvalue weighted by Gasteiger charge is -2.33. The van der Waals surface area contributed by atoms with E-state index in [9.17, 15) is 4.79 Å². The predicted octanol–water partition coefficient (Wildman–Crippen LogP) is 1.37. The van der Waals surface area contributed by atoms with Crippen molar-refractivity contribution >= 4 is 5.91 Å². The number of nitrogens with zero attached hydrogens (tertiary/aromatic N) is 1. The van der Waals surface area contributed by atoms with Crippen molar-refractivity contribution in [3.05, 3.63) is 0 Å². The van der Waals surface area contributed by atoms with Crippen LogP contribution in [0.2, 0.25) is 0 Å². The SMILES string of the molecule is CN(CCNC(=O)C1(C)CCNCC1)C1CCCC1. The van der Waals surface area contributed by atoms with Gasteiger partial charge in [0.2, 0.25) is 5.91 Å². The number of carbonyl (C=O) groups is 1. The van der Waals surface area contributed by atoms with Gasteiger partial charge in [-0.15, -0.1) is 0 Å². The van der Waals surface area contributed by atoms with E-state index in [-0.39, 0.29) is 11.3 Å². The van der Waals surface area contributed by atoms with Crippen LogP contribution in [-0.4, -0.2) is 50.1 Å². The summed E-state index contributed by atoms with van der Waals surface area (Å²) in [6.07, 6.45) is 7.30. The predicted molar refractivity (Wildman–Crippen MR) is 78.1 cm³/mol. The van der Waals surface area contributed by atoms with Crippen LogP contribution in [0.4, 0.5) is 0 Å². The van der Waals surface area contributed by atoms with Crippen molar-refractivity contribution in [1.82, 2.24) is 15.5 Å². The molecule has 2 fully saturated rings. The van der Waals surface area contributed by atoms with Crippen LogP contribution in [0, 0.1) is 5.41 Å². The van der Waals surface area contributed by atoms with Gasteiger partial charge < -0.3 is 15.5 Å². The molecule has 1 amide bonds. The lowest BCUT2D eigenvalue weighted by atomic mass is 9.80. The summed E-state index contributed by atoms with van der Waals surface area (Å²) in [7, 11) is 2.19. The summed E-state index contributed by atoms with van der Waals surface area (Å²) in [6, 6.07) is 0.742. The molecule has 0 aromatic carbocycles. The van der Waals surface area contributed by atoms with Crippen molar-refractivity contribution in [3.63, 3.8) is 0 Å². The van der Waals surface area contributed by atoms with E-state index < -0.39 is 0 Å². The van der Waals surface area contributed by atoms with E-state index in [4.69, 9.17) is 0 Å². The maximum atomic E-state index is 12.3. The van der Waals surface area contributed by atoms with E-state index in [0.717, 1.165) is 45.1 Å². The van der Waals surface area contributed by atoms with Gasteiger partial charge in [-0.2, -0.15) is 0 Å². The second kappa shape index (κ2) is 6.71. The van der Waals surface area contributed by atoms with Crippen LogP contribution in [0.15, 0.2) is 0 Å². The van der Waals surface area contributed by atoms with Crippen LogP contribution in [0.3, 0.4) is 0 Å². The maximum Gasteiger partial charge on any atom is 0.226 e. The zero-order valence-corrected chi connectivity index (χ0v) is 12.5. The minimum absolute atomic E-state index is 0.156. The normalized spacial score (nSPS) is 23.7. The second-order valence-corrected chi connectivity index (χ2v) is 6.49. The maximum absolute atomic E-state index is 12.3. The van der Waals surface area contributed by atoms with E-state index in [1.54, 1.807) is 0 Å². The van der Waals surface area contributed by atoms with Gasteiger partial charge in [0.15, 0.2) is 0 Å². The summed E-state index contributed by atoms with van der Waals surface area (Å²) in [5, 5.41) is 6.46. The van der Waals surface area contributed by atoms with Gasteiger partial charge in [0.1, 0.15) is 0 Å².